The highest BCUT2D eigenvalue weighted by Gasteiger charge is 2.29. The van der Waals surface area contributed by atoms with Crippen molar-refractivity contribution in [2.45, 2.75) is 19.1 Å². The first-order chi connectivity index (χ1) is 10.8. The standard InChI is InChI=1S/C19H21NO2/c1-15(16-8-4-2-5-9-16)20-12-13-22-18(14-20)19(21)17-10-6-3-7-11-17/h2-11,15,18H,12-14H2,1H3/t15?,18-/m0/s1. The second-order valence-corrected chi connectivity index (χ2v) is 5.67. The molecule has 0 bridgehead atoms. The van der Waals surface area contributed by atoms with Gasteiger partial charge < -0.3 is 4.74 Å². The van der Waals surface area contributed by atoms with Crippen molar-refractivity contribution in [3.63, 3.8) is 0 Å². The van der Waals surface area contributed by atoms with E-state index < -0.39 is 0 Å². The quantitative estimate of drug-likeness (QED) is 0.810. The van der Waals surface area contributed by atoms with Gasteiger partial charge in [0.05, 0.1) is 6.61 Å². The van der Waals surface area contributed by atoms with Crippen molar-refractivity contribution in [2.24, 2.45) is 0 Å². The van der Waals surface area contributed by atoms with Crippen LogP contribution in [0.15, 0.2) is 60.7 Å². The van der Waals surface area contributed by atoms with Crippen molar-refractivity contribution < 1.29 is 9.53 Å². The van der Waals surface area contributed by atoms with Crippen LogP contribution in [0.2, 0.25) is 0 Å². The largest absolute Gasteiger partial charge is 0.367 e. The molecule has 1 aliphatic rings. The maximum atomic E-state index is 12.6. The molecule has 2 aromatic carbocycles. The number of ketones is 1. The van der Waals surface area contributed by atoms with Crippen molar-refractivity contribution in [1.82, 2.24) is 4.90 Å². The number of ether oxygens (including phenoxy) is 1. The molecule has 22 heavy (non-hydrogen) atoms. The van der Waals surface area contributed by atoms with E-state index >= 15 is 0 Å². The molecule has 0 aromatic heterocycles. The lowest BCUT2D eigenvalue weighted by Gasteiger charge is -2.36. The lowest BCUT2D eigenvalue weighted by atomic mass is 10.0. The van der Waals surface area contributed by atoms with E-state index in [1.165, 1.54) is 5.56 Å². The number of carbonyl (C=O) groups excluding carboxylic acids is 1. The summed E-state index contributed by atoms with van der Waals surface area (Å²) in [4.78, 5) is 14.9. The molecule has 1 unspecified atom stereocenters. The van der Waals surface area contributed by atoms with Crippen LogP contribution in [0.25, 0.3) is 0 Å². The topological polar surface area (TPSA) is 29.5 Å². The van der Waals surface area contributed by atoms with Crippen molar-refractivity contribution in [1.29, 1.82) is 0 Å². The molecule has 114 valence electrons. The van der Waals surface area contributed by atoms with Gasteiger partial charge in [-0.2, -0.15) is 0 Å². The van der Waals surface area contributed by atoms with E-state index in [9.17, 15) is 4.79 Å². The Morgan fingerprint density at radius 2 is 1.73 bits per heavy atom. The number of benzene rings is 2. The van der Waals surface area contributed by atoms with E-state index in [1.54, 1.807) is 0 Å². The molecule has 0 amide bonds. The molecule has 0 radical (unpaired) electrons. The summed E-state index contributed by atoms with van der Waals surface area (Å²) < 4.78 is 5.72. The third-order valence-electron chi connectivity index (χ3n) is 4.28. The minimum atomic E-state index is -0.373. The van der Waals surface area contributed by atoms with E-state index in [0.717, 1.165) is 12.1 Å². The van der Waals surface area contributed by atoms with Crippen LogP contribution in [0, 0.1) is 0 Å². The summed E-state index contributed by atoms with van der Waals surface area (Å²) >= 11 is 0. The molecule has 1 heterocycles. The second kappa shape index (κ2) is 6.86. The Balaban J connectivity index is 1.70. The number of hydrogen-bond donors (Lipinski definition) is 0. The summed E-state index contributed by atoms with van der Waals surface area (Å²) in [5.74, 6) is 0.0746. The van der Waals surface area contributed by atoms with Crippen LogP contribution in [-0.2, 0) is 4.74 Å². The summed E-state index contributed by atoms with van der Waals surface area (Å²) in [6, 6.07) is 20.1. The Morgan fingerprint density at radius 3 is 2.41 bits per heavy atom. The van der Waals surface area contributed by atoms with Crippen LogP contribution in [-0.4, -0.2) is 36.5 Å². The zero-order chi connectivity index (χ0) is 15.4. The normalized spacial score (nSPS) is 20.5. The average molecular weight is 295 g/mol. The van der Waals surface area contributed by atoms with Gasteiger partial charge in [-0.3, -0.25) is 9.69 Å². The van der Waals surface area contributed by atoms with Gasteiger partial charge in [0.25, 0.3) is 0 Å². The minimum absolute atomic E-state index is 0.0746. The molecule has 3 nitrogen and oxygen atoms in total. The van der Waals surface area contributed by atoms with Crippen molar-refractivity contribution >= 4 is 5.78 Å². The van der Waals surface area contributed by atoms with Crippen LogP contribution in [0.4, 0.5) is 0 Å². The molecule has 3 heteroatoms. The molecule has 0 saturated carbocycles. The first-order valence-electron chi connectivity index (χ1n) is 7.75. The molecule has 0 aliphatic carbocycles. The third kappa shape index (κ3) is 3.26. The molecule has 2 aromatic rings. The van der Waals surface area contributed by atoms with Gasteiger partial charge in [-0.25, -0.2) is 0 Å². The van der Waals surface area contributed by atoms with Crippen molar-refractivity contribution in [2.75, 3.05) is 19.7 Å². The monoisotopic (exact) mass is 295 g/mol. The van der Waals surface area contributed by atoms with Crippen molar-refractivity contribution in [3.8, 4) is 0 Å². The van der Waals surface area contributed by atoms with Crippen LogP contribution >= 0.6 is 0 Å². The van der Waals surface area contributed by atoms with Gasteiger partial charge in [0.2, 0.25) is 0 Å². The molecule has 1 aliphatic heterocycles. The predicted molar refractivity (Wildman–Crippen MR) is 86.9 cm³/mol. The van der Waals surface area contributed by atoms with E-state index in [-0.39, 0.29) is 17.9 Å². The van der Waals surface area contributed by atoms with Crippen LogP contribution in [0.5, 0.6) is 0 Å². The van der Waals surface area contributed by atoms with Crippen LogP contribution in [0.1, 0.15) is 28.9 Å². The molecule has 0 N–H and O–H groups in total. The Bertz CT molecular complexity index is 612. The highest BCUT2D eigenvalue weighted by atomic mass is 16.5. The highest BCUT2D eigenvalue weighted by molar-refractivity contribution is 5.99. The SMILES string of the molecule is CC(c1ccccc1)N1CCO[C@H](C(=O)c2ccccc2)C1. The predicted octanol–water partition coefficient (Wildman–Crippen LogP) is 3.33. The maximum Gasteiger partial charge on any atom is 0.192 e. The van der Waals surface area contributed by atoms with Crippen LogP contribution in [0.3, 0.4) is 0 Å². The Kier molecular flexibility index (Phi) is 4.66. The Hall–Kier alpha value is -1.97. The fourth-order valence-corrected chi connectivity index (χ4v) is 2.91. The molecule has 2 atom stereocenters. The summed E-state index contributed by atoms with van der Waals surface area (Å²) in [5.41, 5.74) is 2.00. The van der Waals surface area contributed by atoms with Gasteiger partial charge in [0, 0.05) is 24.7 Å². The highest BCUT2D eigenvalue weighted by Crippen LogP contribution is 2.23. The zero-order valence-electron chi connectivity index (χ0n) is 12.8. The first-order valence-corrected chi connectivity index (χ1v) is 7.75. The molecule has 0 spiro atoms. The van der Waals surface area contributed by atoms with Gasteiger partial charge in [-0.1, -0.05) is 60.7 Å². The molecule has 3 rings (SSSR count). The van der Waals surface area contributed by atoms with Gasteiger partial charge in [0.1, 0.15) is 6.10 Å². The smallest absolute Gasteiger partial charge is 0.192 e. The lowest BCUT2D eigenvalue weighted by molar-refractivity contribution is -0.0283. The van der Waals surface area contributed by atoms with Gasteiger partial charge in [0.15, 0.2) is 5.78 Å². The maximum absolute atomic E-state index is 12.6. The summed E-state index contributed by atoms with van der Waals surface area (Å²) in [5, 5.41) is 0. The number of rotatable bonds is 4. The molecule has 1 saturated heterocycles. The fraction of sp³-hybridized carbons (Fsp3) is 0.316. The third-order valence-corrected chi connectivity index (χ3v) is 4.28. The summed E-state index contributed by atoms with van der Waals surface area (Å²) in [6.07, 6.45) is -0.373. The first kappa shape index (κ1) is 14.9. The minimum Gasteiger partial charge on any atom is -0.367 e. The van der Waals surface area contributed by atoms with Gasteiger partial charge in [-0.05, 0) is 12.5 Å². The van der Waals surface area contributed by atoms with Gasteiger partial charge in [-0.15, -0.1) is 0 Å². The number of hydrogen-bond acceptors (Lipinski definition) is 3. The van der Waals surface area contributed by atoms with Crippen molar-refractivity contribution in [3.05, 3.63) is 71.8 Å². The molecular formula is C19H21NO2. The van der Waals surface area contributed by atoms with Crippen LogP contribution < -0.4 is 0 Å². The van der Waals surface area contributed by atoms with E-state index in [0.29, 0.717) is 13.2 Å². The Morgan fingerprint density at radius 1 is 1.09 bits per heavy atom. The lowest BCUT2D eigenvalue weighted by Crippen LogP contribution is -2.46. The van der Waals surface area contributed by atoms with E-state index in [1.807, 2.05) is 36.4 Å². The number of morpholine rings is 1. The fourth-order valence-electron chi connectivity index (χ4n) is 2.91. The summed E-state index contributed by atoms with van der Waals surface area (Å²) in [6.45, 7) is 4.28. The average Bonchev–Trinajstić information content (AvgIpc) is 2.62. The number of nitrogens with zero attached hydrogens (tertiary/aromatic N) is 1. The van der Waals surface area contributed by atoms with E-state index in [2.05, 4.69) is 36.1 Å². The summed E-state index contributed by atoms with van der Waals surface area (Å²) in [7, 11) is 0. The Labute approximate surface area is 131 Å². The second-order valence-electron chi connectivity index (χ2n) is 5.67. The number of carbonyl (C=O) groups is 1. The molecule has 1 fully saturated rings. The molecular weight excluding hydrogens is 274 g/mol. The van der Waals surface area contributed by atoms with E-state index in [4.69, 9.17) is 4.74 Å². The van der Waals surface area contributed by atoms with Gasteiger partial charge >= 0.3 is 0 Å². The zero-order valence-corrected chi connectivity index (χ0v) is 12.8. The number of Topliss-reactive ketones (excluding diaryl/α,β-unsaturated/α-hetero) is 1.